The molecule has 0 aliphatic carbocycles. The molecule has 0 spiro atoms. The third kappa shape index (κ3) is 3.84. The largest absolute Gasteiger partial charge is 0.480 e. The van der Waals surface area contributed by atoms with Crippen LogP contribution in [-0.2, 0) is 26.7 Å². The summed E-state index contributed by atoms with van der Waals surface area (Å²) in [5, 5.41) is 9.02. The van der Waals surface area contributed by atoms with Gasteiger partial charge in [0.05, 0.1) is 0 Å². The average molecular weight is 372 g/mol. The summed E-state index contributed by atoms with van der Waals surface area (Å²) in [4.78, 5) is 28.7. The molecule has 1 aliphatic heterocycles. The normalized spacial score (nSPS) is 18.1. The molecule has 1 aromatic rings. The fraction of sp³-hybridized carbons (Fsp3) is 0.667. The number of likely N-dealkylation sites (N-methyl/N-ethyl adjacent to an activating group) is 1. The Hall–Kier alpha value is -1.94. The second-order valence-corrected chi connectivity index (χ2v) is 8.26. The Labute approximate surface area is 147 Å². The maximum atomic E-state index is 12.6. The van der Waals surface area contributed by atoms with Crippen LogP contribution in [0.1, 0.15) is 25.6 Å². The smallest absolute Gasteiger partial charge is 0.326 e. The minimum atomic E-state index is -3.68. The van der Waals surface area contributed by atoms with E-state index in [0.29, 0.717) is 18.7 Å². The molecule has 140 valence electrons. The van der Waals surface area contributed by atoms with Gasteiger partial charge in [-0.15, -0.1) is 0 Å². The van der Waals surface area contributed by atoms with Crippen molar-refractivity contribution < 1.29 is 23.1 Å². The summed E-state index contributed by atoms with van der Waals surface area (Å²) < 4.78 is 28.3. The van der Waals surface area contributed by atoms with Gasteiger partial charge in [0.1, 0.15) is 11.9 Å². The van der Waals surface area contributed by atoms with E-state index >= 15 is 0 Å². The molecule has 0 aromatic carbocycles. The highest BCUT2D eigenvalue weighted by molar-refractivity contribution is 7.89. The molecule has 2 heterocycles. The number of aliphatic carboxylic acids is 1. The lowest BCUT2D eigenvalue weighted by Gasteiger charge is -2.33. The molecular formula is C15H24N4O5S. The number of carbonyl (C=O) groups excluding carboxylic acids is 1. The molecule has 1 N–H and O–H groups in total. The Kier molecular flexibility index (Phi) is 5.52. The zero-order valence-electron chi connectivity index (χ0n) is 14.8. The van der Waals surface area contributed by atoms with Gasteiger partial charge in [-0.1, -0.05) is 0 Å². The highest BCUT2D eigenvalue weighted by Gasteiger charge is 2.35. The summed E-state index contributed by atoms with van der Waals surface area (Å²) in [5.74, 6) is -1.10. The highest BCUT2D eigenvalue weighted by atomic mass is 32.2. The van der Waals surface area contributed by atoms with Gasteiger partial charge in [-0.25, -0.2) is 18.2 Å². The maximum absolute atomic E-state index is 12.6. The van der Waals surface area contributed by atoms with E-state index in [1.165, 1.54) is 29.4 Å². The molecule has 9 nitrogen and oxygen atoms in total. The van der Waals surface area contributed by atoms with Crippen LogP contribution in [0.4, 0.5) is 0 Å². The standard InChI is InChI=1S/C15H24N4O5S/c1-10(15(21)22)18(4)14(20)12-5-7-19(8-6-12)25(23,24)13-9-17(3)11(2)16-13/h9-10,12H,5-8H2,1-4H3,(H,21,22). The summed E-state index contributed by atoms with van der Waals surface area (Å²) in [6, 6.07) is -0.911. The van der Waals surface area contributed by atoms with Gasteiger partial charge in [0.15, 0.2) is 5.03 Å². The van der Waals surface area contributed by atoms with Gasteiger partial charge in [0.25, 0.3) is 10.0 Å². The van der Waals surface area contributed by atoms with Crippen LogP contribution in [-0.4, -0.2) is 70.3 Å². The lowest BCUT2D eigenvalue weighted by Crippen LogP contribution is -2.47. The zero-order valence-corrected chi connectivity index (χ0v) is 15.7. The summed E-state index contributed by atoms with van der Waals surface area (Å²) in [7, 11) is -0.493. The van der Waals surface area contributed by atoms with Crippen molar-refractivity contribution in [2.45, 2.75) is 37.8 Å². The number of hydrogen-bond donors (Lipinski definition) is 1. The fourth-order valence-electron chi connectivity index (χ4n) is 2.77. The van der Waals surface area contributed by atoms with Gasteiger partial charge in [0, 0.05) is 39.3 Å². The number of imidazole rings is 1. The highest BCUT2D eigenvalue weighted by Crippen LogP contribution is 2.25. The predicted molar refractivity (Wildman–Crippen MR) is 89.3 cm³/mol. The van der Waals surface area contributed by atoms with E-state index in [2.05, 4.69) is 4.98 Å². The second kappa shape index (κ2) is 7.12. The molecule has 0 saturated carbocycles. The Balaban J connectivity index is 2.04. The first-order chi connectivity index (χ1) is 11.6. The predicted octanol–water partition coefficient (Wildman–Crippen LogP) is 0.0607. The van der Waals surface area contributed by atoms with Gasteiger partial charge < -0.3 is 14.6 Å². The number of nitrogens with zero attached hydrogens (tertiary/aromatic N) is 4. The summed E-state index contributed by atoms with van der Waals surface area (Å²) in [5.41, 5.74) is 0. The van der Waals surface area contributed by atoms with Crippen LogP contribution < -0.4 is 0 Å². The number of aryl methyl sites for hydroxylation is 2. The first-order valence-electron chi connectivity index (χ1n) is 8.05. The zero-order chi connectivity index (χ0) is 18.9. The van der Waals surface area contributed by atoms with Crippen molar-refractivity contribution in [1.29, 1.82) is 0 Å². The Morgan fingerprint density at radius 1 is 1.36 bits per heavy atom. The summed E-state index contributed by atoms with van der Waals surface area (Å²) >= 11 is 0. The summed E-state index contributed by atoms with van der Waals surface area (Å²) in [6.45, 7) is 3.60. The van der Waals surface area contributed by atoms with Crippen LogP contribution in [0.25, 0.3) is 0 Å². The SMILES string of the molecule is Cc1nc(S(=O)(=O)N2CCC(C(=O)N(C)C(C)C(=O)O)CC2)cn1C. The van der Waals surface area contributed by atoms with E-state index in [1.54, 1.807) is 18.5 Å². The van der Waals surface area contributed by atoms with E-state index in [1.807, 2.05) is 0 Å². The van der Waals surface area contributed by atoms with E-state index in [0.717, 1.165) is 0 Å². The fourth-order valence-corrected chi connectivity index (χ4v) is 4.27. The molecular weight excluding hydrogens is 348 g/mol. The van der Waals surface area contributed by atoms with Gasteiger partial charge >= 0.3 is 5.97 Å². The maximum Gasteiger partial charge on any atom is 0.326 e. The number of carboxylic acid groups (broad SMARTS) is 1. The molecule has 0 radical (unpaired) electrons. The first kappa shape index (κ1) is 19.4. The van der Waals surface area contributed by atoms with E-state index in [4.69, 9.17) is 5.11 Å². The number of hydrogen-bond acceptors (Lipinski definition) is 5. The van der Waals surface area contributed by atoms with Crippen LogP contribution in [0.2, 0.25) is 0 Å². The molecule has 1 fully saturated rings. The lowest BCUT2D eigenvalue weighted by molar-refractivity contribution is -0.150. The van der Waals surface area contributed by atoms with Crippen LogP contribution in [0.3, 0.4) is 0 Å². The molecule has 1 aliphatic rings. The van der Waals surface area contributed by atoms with Crippen molar-refractivity contribution in [3.8, 4) is 0 Å². The second-order valence-electron chi connectivity index (χ2n) is 6.38. The Morgan fingerprint density at radius 2 is 1.92 bits per heavy atom. The molecule has 1 saturated heterocycles. The van der Waals surface area contributed by atoms with Gasteiger partial charge in [-0.05, 0) is 26.7 Å². The average Bonchev–Trinajstić information content (AvgIpc) is 2.92. The number of aromatic nitrogens is 2. The molecule has 1 amide bonds. The van der Waals surface area contributed by atoms with Crippen molar-refractivity contribution in [2.24, 2.45) is 13.0 Å². The van der Waals surface area contributed by atoms with Crippen molar-refractivity contribution in [3.05, 3.63) is 12.0 Å². The number of piperidine rings is 1. The Morgan fingerprint density at radius 3 is 2.36 bits per heavy atom. The molecule has 1 atom stereocenters. The quantitative estimate of drug-likeness (QED) is 0.782. The monoisotopic (exact) mass is 372 g/mol. The Bertz CT molecular complexity index is 745. The third-order valence-electron chi connectivity index (χ3n) is 4.78. The van der Waals surface area contributed by atoms with Crippen molar-refractivity contribution in [1.82, 2.24) is 18.8 Å². The van der Waals surface area contributed by atoms with E-state index in [9.17, 15) is 18.0 Å². The van der Waals surface area contributed by atoms with Crippen LogP contribution in [0.5, 0.6) is 0 Å². The molecule has 2 rings (SSSR count). The molecule has 25 heavy (non-hydrogen) atoms. The molecule has 10 heteroatoms. The van der Waals surface area contributed by atoms with Crippen LogP contribution in [0.15, 0.2) is 11.2 Å². The molecule has 1 unspecified atom stereocenters. The molecule has 1 aromatic heterocycles. The lowest BCUT2D eigenvalue weighted by atomic mass is 9.96. The topological polar surface area (TPSA) is 113 Å². The number of amides is 1. The molecule has 0 bridgehead atoms. The number of sulfonamides is 1. The van der Waals surface area contributed by atoms with Gasteiger partial charge in [0.2, 0.25) is 5.91 Å². The van der Waals surface area contributed by atoms with Crippen molar-refractivity contribution in [2.75, 3.05) is 20.1 Å². The van der Waals surface area contributed by atoms with Crippen molar-refractivity contribution >= 4 is 21.9 Å². The van der Waals surface area contributed by atoms with E-state index in [-0.39, 0.29) is 29.9 Å². The summed E-state index contributed by atoms with van der Waals surface area (Å²) in [6.07, 6.45) is 2.20. The van der Waals surface area contributed by atoms with Crippen LogP contribution in [0, 0.1) is 12.8 Å². The number of carbonyl (C=O) groups is 2. The van der Waals surface area contributed by atoms with Crippen molar-refractivity contribution in [3.63, 3.8) is 0 Å². The third-order valence-corrected chi connectivity index (χ3v) is 6.55. The number of carboxylic acids is 1. The van der Waals surface area contributed by atoms with Gasteiger partial charge in [-0.3, -0.25) is 4.79 Å². The first-order valence-corrected chi connectivity index (χ1v) is 9.49. The minimum absolute atomic E-state index is 0.00824. The minimum Gasteiger partial charge on any atom is -0.480 e. The number of rotatable bonds is 5. The van der Waals surface area contributed by atoms with Crippen LogP contribution >= 0.6 is 0 Å². The van der Waals surface area contributed by atoms with Gasteiger partial charge in [-0.2, -0.15) is 4.31 Å². The van der Waals surface area contributed by atoms with E-state index < -0.39 is 22.0 Å².